The number of ether oxygens (including phenoxy) is 3. The Balaban J connectivity index is 1.48. The van der Waals surface area contributed by atoms with E-state index in [-0.39, 0.29) is 17.4 Å². The first-order chi connectivity index (χ1) is 12.9. The molecule has 7 nitrogen and oxygen atoms in total. The van der Waals surface area contributed by atoms with Crippen molar-refractivity contribution in [3.8, 4) is 11.5 Å². The van der Waals surface area contributed by atoms with Crippen LogP contribution in [0, 0.1) is 0 Å². The van der Waals surface area contributed by atoms with Crippen molar-refractivity contribution in [2.45, 2.75) is 0 Å². The summed E-state index contributed by atoms with van der Waals surface area (Å²) in [6.07, 6.45) is 0. The molecule has 0 saturated carbocycles. The van der Waals surface area contributed by atoms with Crippen LogP contribution in [0.4, 0.5) is 0 Å². The van der Waals surface area contributed by atoms with Gasteiger partial charge in [0, 0.05) is 10.6 Å². The van der Waals surface area contributed by atoms with E-state index >= 15 is 0 Å². The van der Waals surface area contributed by atoms with Gasteiger partial charge in [0.05, 0.1) is 10.6 Å². The molecule has 1 amide bonds. The zero-order valence-electron chi connectivity index (χ0n) is 13.8. The van der Waals surface area contributed by atoms with Gasteiger partial charge in [0.2, 0.25) is 6.79 Å². The average molecular weight is 410 g/mol. The third-order valence-corrected chi connectivity index (χ3v) is 4.18. The van der Waals surface area contributed by atoms with Gasteiger partial charge in [0.25, 0.3) is 5.91 Å². The van der Waals surface area contributed by atoms with Crippen molar-refractivity contribution in [3.05, 3.63) is 57.6 Å². The fourth-order valence-corrected chi connectivity index (χ4v) is 2.77. The normalized spacial score (nSPS) is 11.8. The van der Waals surface area contributed by atoms with Gasteiger partial charge >= 0.3 is 5.97 Å². The number of carbonyl (C=O) groups is 3. The van der Waals surface area contributed by atoms with Gasteiger partial charge in [-0.3, -0.25) is 14.4 Å². The summed E-state index contributed by atoms with van der Waals surface area (Å²) < 4.78 is 15.2. The number of hydrogen-bond acceptors (Lipinski definition) is 6. The predicted octanol–water partition coefficient (Wildman–Crippen LogP) is 2.88. The molecule has 2 aromatic rings. The van der Waals surface area contributed by atoms with E-state index < -0.39 is 30.8 Å². The first-order valence-corrected chi connectivity index (χ1v) is 8.51. The third-order valence-electron chi connectivity index (χ3n) is 3.63. The maximum Gasteiger partial charge on any atom is 0.325 e. The van der Waals surface area contributed by atoms with Crippen molar-refractivity contribution in [2.75, 3.05) is 19.9 Å². The second-order valence-corrected chi connectivity index (χ2v) is 6.30. The van der Waals surface area contributed by atoms with Gasteiger partial charge in [0.1, 0.15) is 6.54 Å². The summed E-state index contributed by atoms with van der Waals surface area (Å²) in [6, 6.07) is 9.03. The van der Waals surface area contributed by atoms with Crippen molar-refractivity contribution < 1.29 is 28.6 Å². The van der Waals surface area contributed by atoms with Gasteiger partial charge in [0.15, 0.2) is 23.9 Å². The van der Waals surface area contributed by atoms with E-state index in [4.69, 9.17) is 37.4 Å². The SMILES string of the molecule is O=C(CNC(=O)c1ccc(Cl)cc1Cl)OCC(=O)c1ccc2c(c1)OCO2. The number of Topliss-reactive ketones (excluding diaryl/α,β-unsaturated/α-hetero) is 1. The summed E-state index contributed by atoms with van der Waals surface area (Å²) in [4.78, 5) is 35.9. The standard InChI is InChI=1S/C18H13Cl2NO6/c19-11-2-3-12(13(20)6-11)18(24)21-7-17(23)25-8-14(22)10-1-4-15-16(5-10)27-9-26-15/h1-6H,7-9H2,(H,21,24). The maximum atomic E-state index is 12.1. The van der Waals surface area contributed by atoms with Crippen molar-refractivity contribution >= 4 is 40.9 Å². The molecule has 0 fully saturated rings. The molecule has 9 heteroatoms. The van der Waals surface area contributed by atoms with E-state index in [0.29, 0.717) is 22.1 Å². The lowest BCUT2D eigenvalue weighted by atomic mass is 10.1. The number of rotatable bonds is 6. The predicted molar refractivity (Wildman–Crippen MR) is 96.6 cm³/mol. The number of amides is 1. The van der Waals surface area contributed by atoms with Crippen LogP contribution in [0.5, 0.6) is 11.5 Å². The molecule has 3 rings (SSSR count). The van der Waals surface area contributed by atoms with Gasteiger partial charge in [-0.2, -0.15) is 0 Å². The Labute approximate surface area is 164 Å². The van der Waals surface area contributed by atoms with Crippen LogP contribution in [0.2, 0.25) is 10.0 Å². The minimum atomic E-state index is -0.762. The average Bonchev–Trinajstić information content (AvgIpc) is 3.11. The molecule has 27 heavy (non-hydrogen) atoms. The van der Waals surface area contributed by atoms with Crippen LogP contribution < -0.4 is 14.8 Å². The highest BCUT2D eigenvalue weighted by Gasteiger charge is 2.18. The quantitative estimate of drug-likeness (QED) is 0.582. The Morgan fingerprint density at radius 3 is 2.59 bits per heavy atom. The Morgan fingerprint density at radius 2 is 1.81 bits per heavy atom. The lowest BCUT2D eigenvalue weighted by Gasteiger charge is -2.08. The monoisotopic (exact) mass is 409 g/mol. The van der Waals surface area contributed by atoms with E-state index in [0.717, 1.165) is 0 Å². The minimum Gasteiger partial charge on any atom is -0.456 e. The Morgan fingerprint density at radius 1 is 1.04 bits per heavy atom. The summed E-state index contributed by atoms with van der Waals surface area (Å²) in [5.41, 5.74) is 0.495. The first kappa shape index (κ1) is 19.0. The van der Waals surface area contributed by atoms with E-state index in [1.54, 1.807) is 12.1 Å². The van der Waals surface area contributed by atoms with Gasteiger partial charge in [-0.25, -0.2) is 0 Å². The van der Waals surface area contributed by atoms with Crippen LogP contribution in [0.1, 0.15) is 20.7 Å². The Hall–Kier alpha value is -2.77. The van der Waals surface area contributed by atoms with Gasteiger partial charge in [-0.05, 0) is 36.4 Å². The Kier molecular flexibility index (Phi) is 5.83. The highest BCUT2D eigenvalue weighted by molar-refractivity contribution is 6.36. The fourth-order valence-electron chi connectivity index (χ4n) is 2.27. The first-order valence-electron chi connectivity index (χ1n) is 7.76. The van der Waals surface area contributed by atoms with E-state index in [9.17, 15) is 14.4 Å². The highest BCUT2D eigenvalue weighted by Crippen LogP contribution is 2.32. The highest BCUT2D eigenvalue weighted by atomic mass is 35.5. The fraction of sp³-hybridized carbons (Fsp3) is 0.167. The second kappa shape index (κ2) is 8.28. The third kappa shape index (κ3) is 4.69. The molecule has 1 N–H and O–H groups in total. The summed E-state index contributed by atoms with van der Waals surface area (Å²) in [5, 5.41) is 2.91. The molecule has 2 aromatic carbocycles. The van der Waals surface area contributed by atoms with Crippen LogP contribution >= 0.6 is 23.2 Å². The summed E-state index contributed by atoms with van der Waals surface area (Å²) >= 11 is 11.7. The van der Waals surface area contributed by atoms with Crippen LogP contribution in [-0.4, -0.2) is 37.6 Å². The Bertz CT molecular complexity index is 915. The number of ketones is 1. The number of benzene rings is 2. The molecule has 1 heterocycles. The number of carbonyl (C=O) groups excluding carboxylic acids is 3. The topological polar surface area (TPSA) is 90.9 Å². The number of esters is 1. The van der Waals surface area contributed by atoms with Crippen molar-refractivity contribution in [2.24, 2.45) is 0 Å². The lowest BCUT2D eigenvalue weighted by Crippen LogP contribution is -2.31. The molecule has 1 aliphatic rings. The summed E-state index contributed by atoms with van der Waals surface area (Å²) in [5.74, 6) is -0.724. The smallest absolute Gasteiger partial charge is 0.325 e. The van der Waals surface area contributed by atoms with Gasteiger partial charge < -0.3 is 19.5 Å². The van der Waals surface area contributed by atoms with E-state index in [1.165, 1.54) is 24.3 Å². The van der Waals surface area contributed by atoms with Crippen molar-refractivity contribution in [1.29, 1.82) is 0 Å². The molecule has 0 aliphatic carbocycles. The van der Waals surface area contributed by atoms with Gasteiger partial charge in [-0.15, -0.1) is 0 Å². The maximum absolute atomic E-state index is 12.1. The van der Waals surface area contributed by atoms with Gasteiger partial charge in [-0.1, -0.05) is 23.2 Å². The molecule has 0 unspecified atom stereocenters. The van der Waals surface area contributed by atoms with Crippen LogP contribution in [0.25, 0.3) is 0 Å². The minimum absolute atomic E-state index is 0.0965. The number of hydrogen-bond donors (Lipinski definition) is 1. The zero-order chi connectivity index (χ0) is 19.4. The summed E-state index contributed by atoms with van der Waals surface area (Å²) in [7, 11) is 0. The molecule has 1 aliphatic heterocycles. The van der Waals surface area contributed by atoms with Crippen LogP contribution in [0.15, 0.2) is 36.4 Å². The molecule has 0 radical (unpaired) electrons. The van der Waals surface area contributed by atoms with Crippen LogP contribution in [0.3, 0.4) is 0 Å². The molecular formula is C18H13Cl2NO6. The second-order valence-electron chi connectivity index (χ2n) is 5.46. The number of fused-ring (bicyclic) bond motifs is 1. The van der Waals surface area contributed by atoms with Crippen molar-refractivity contribution in [3.63, 3.8) is 0 Å². The number of halogens is 2. The van der Waals surface area contributed by atoms with E-state index in [1.807, 2.05) is 0 Å². The van der Waals surface area contributed by atoms with Crippen LogP contribution in [-0.2, 0) is 9.53 Å². The van der Waals surface area contributed by atoms with E-state index in [2.05, 4.69) is 5.32 Å². The lowest BCUT2D eigenvalue weighted by molar-refractivity contribution is -0.141. The van der Waals surface area contributed by atoms with Crippen molar-refractivity contribution in [1.82, 2.24) is 5.32 Å². The molecule has 0 saturated heterocycles. The molecule has 0 atom stereocenters. The molecule has 0 bridgehead atoms. The molecule has 140 valence electrons. The summed E-state index contributed by atoms with van der Waals surface area (Å²) in [6.45, 7) is -0.776. The molecule has 0 aromatic heterocycles. The zero-order valence-corrected chi connectivity index (χ0v) is 15.3. The largest absolute Gasteiger partial charge is 0.456 e. The molecule has 0 spiro atoms. The number of nitrogens with one attached hydrogen (secondary N) is 1. The molecular weight excluding hydrogens is 397 g/mol.